The Balaban J connectivity index is 1.50. The van der Waals surface area contributed by atoms with Gasteiger partial charge in [0.1, 0.15) is 6.10 Å². The zero-order valence-corrected chi connectivity index (χ0v) is 12.9. The Labute approximate surface area is 125 Å². The molecule has 0 aromatic carbocycles. The molecule has 2 saturated heterocycles. The summed E-state index contributed by atoms with van der Waals surface area (Å²) < 4.78 is 7.36. The minimum atomic E-state index is -0.183. The molecular formula is C15H24N4O2. The van der Waals surface area contributed by atoms with Gasteiger partial charge in [-0.2, -0.15) is 5.10 Å². The maximum atomic E-state index is 12.3. The van der Waals surface area contributed by atoms with Crippen LogP contribution in [0.5, 0.6) is 0 Å². The van der Waals surface area contributed by atoms with Crippen LogP contribution in [0.2, 0.25) is 0 Å². The van der Waals surface area contributed by atoms with Gasteiger partial charge in [-0.15, -0.1) is 0 Å². The standard InChI is InChI=1S/C15H24N4O2/c1-12-13(10-17(2)16-12)11-18-5-7-19(8-6-18)15(20)14-4-3-9-21-14/h10,14H,3-9,11H2,1-2H3. The van der Waals surface area contributed by atoms with Crippen LogP contribution in [0, 0.1) is 6.92 Å². The maximum absolute atomic E-state index is 12.3. The summed E-state index contributed by atoms with van der Waals surface area (Å²) in [5.41, 5.74) is 2.37. The zero-order valence-electron chi connectivity index (χ0n) is 12.9. The second kappa shape index (κ2) is 6.15. The molecule has 2 fully saturated rings. The van der Waals surface area contributed by atoms with E-state index in [0.717, 1.165) is 57.9 Å². The van der Waals surface area contributed by atoms with Crippen LogP contribution in [0.3, 0.4) is 0 Å². The number of amides is 1. The second-order valence-electron chi connectivity index (χ2n) is 6.02. The van der Waals surface area contributed by atoms with Gasteiger partial charge in [-0.3, -0.25) is 14.4 Å². The van der Waals surface area contributed by atoms with E-state index in [2.05, 4.69) is 16.2 Å². The number of nitrogens with zero attached hydrogens (tertiary/aromatic N) is 4. The molecule has 6 heteroatoms. The number of aryl methyl sites for hydroxylation is 2. The molecule has 1 amide bonds. The Morgan fingerprint density at radius 3 is 2.71 bits per heavy atom. The van der Waals surface area contributed by atoms with Gasteiger partial charge in [0, 0.05) is 58.1 Å². The van der Waals surface area contributed by atoms with Crippen molar-refractivity contribution in [1.82, 2.24) is 19.6 Å². The number of piperazine rings is 1. The van der Waals surface area contributed by atoms with Gasteiger partial charge in [-0.05, 0) is 19.8 Å². The third-order valence-corrected chi connectivity index (χ3v) is 4.40. The molecule has 21 heavy (non-hydrogen) atoms. The van der Waals surface area contributed by atoms with Crippen molar-refractivity contribution in [2.75, 3.05) is 32.8 Å². The summed E-state index contributed by atoms with van der Waals surface area (Å²) in [6.45, 7) is 7.15. The zero-order chi connectivity index (χ0) is 14.8. The molecule has 6 nitrogen and oxygen atoms in total. The predicted molar refractivity (Wildman–Crippen MR) is 78.8 cm³/mol. The molecule has 2 aliphatic heterocycles. The van der Waals surface area contributed by atoms with Crippen LogP contribution in [0.25, 0.3) is 0 Å². The van der Waals surface area contributed by atoms with Crippen molar-refractivity contribution in [3.63, 3.8) is 0 Å². The first-order valence-corrected chi connectivity index (χ1v) is 7.75. The normalized spacial score (nSPS) is 23.7. The number of aromatic nitrogens is 2. The molecule has 2 aliphatic rings. The van der Waals surface area contributed by atoms with E-state index in [0.29, 0.717) is 0 Å². The first-order chi connectivity index (χ1) is 10.1. The minimum Gasteiger partial charge on any atom is -0.368 e. The quantitative estimate of drug-likeness (QED) is 0.816. The van der Waals surface area contributed by atoms with Crippen LogP contribution >= 0.6 is 0 Å². The molecule has 0 N–H and O–H groups in total. The molecule has 0 bridgehead atoms. The second-order valence-corrected chi connectivity index (χ2v) is 6.02. The number of carbonyl (C=O) groups excluding carboxylic acids is 1. The maximum Gasteiger partial charge on any atom is 0.251 e. The van der Waals surface area contributed by atoms with E-state index in [-0.39, 0.29) is 12.0 Å². The van der Waals surface area contributed by atoms with Crippen LogP contribution < -0.4 is 0 Å². The molecule has 1 aromatic heterocycles. The first-order valence-electron chi connectivity index (χ1n) is 7.75. The Hall–Kier alpha value is -1.40. The van der Waals surface area contributed by atoms with Crippen molar-refractivity contribution in [2.45, 2.75) is 32.4 Å². The van der Waals surface area contributed by atoms with Gasteiger partial charge < -0.3 is 9.64 Å². The number of hydrogen-bond acceptors (Lipinski definition) is 4. The third kappa shape index (κ3) is 3.27. The lowest BCUT2D eigenvalue weighted by Gasteiger charge is -2.35. The highest BCUT2D eigenvalue weighted by molar-refractivity contribution is 5.81. The molecule has 0 spiro atoms. The monoisotopic (exact) mass is 292 g/mol. The van der Waals surface area contributed by atoms with Crippen LogP contribution in [-0.4, -0.2) is 64.4 Å². The molecule has 0 radical (unpaired) electrons. The Kier molecular flexibility index (Phi) is 4.26. The fourth-order valence-corrected chi connectivity index (χ4v) is 3.15. The highest BCUT2D eigenvalue weighted by Crippen LogP contribution is 2.17. The van der Waals surface area contributed by atoms with E-state index in [1.807, 2.05) is 23.6 Å². The number of hydrogen-bond donors (Lipinski definition) is 0. The van der Waals surface area contributed by atoms with Crippen LogP contribution in [0.1, 0.15) is 24.1 Å². The highest BCUT2D eigenvalue weighted by Gasteiger charge is 2.30. The molecule has 0 saturated carbocycles. The van der Waals surface area contributed by atoms with Gasteiger partial charge in [0.25, 0.3) is 5.91 Å². The Morgan fingerprint density at radius 1 is 1.38 bits per heavy atom. The molecule has 1 aromatic rings. The van der Waals surface area contributed by atoms with Gasteiger partial charge >= 0.3 is 0 Å². The summed E-state index contributed by atoms with van der Waals surface area (Å²) in [5, 5.41) is 4.38. The van der Waals surface area contributed by atoms with Crippen molar-refractivity contribution in [3.05, 3.63) is 17.5 Å². The van der Waals surface area contributed by atoms with Crippen molar-refractivity contribution in [3.8, 4) is 0 Å². The molecule has 116 valence electrons. The van der Waals surface area contributed by atoms with Gasteiger partial charge in [-0.1, -0.05) is 0 Å². The van der Waals surface area contributed by atoms with Gasteiger partial charge in [0.2, 0.25) is 0 Å². The fraction of sp³-hybridized carbons (Fsp3) is 0.733. The van der Waals surface area contributed by atoms with E-state index < -0.39 is 0 Å². The summed E-state index contributed by atoms with van der Waals surface area (Å²) in [7, 11) is 1.95. The molecular weight excluding hydrogens is 268 g/mol. The van der Waals surface area contributed by atoms with Crippen LogP contribution in [0.15, 0.2) is 6.20 Å². The lowest BCUT2D eigenvalue weighted by molar-refractivity contribution is -0.142. The Morgan fingerprint density at radius 2 is 2.14 bits per heavy atom. The molecule has 1 atom stereocenters. The van der Waals surface area contributed by atoms with Gasteiger partial charge in [-0.25, -0.2) is 0 Å². The van der Waals surface area contributed by atoms with Gasteiger partial charge in [0.05, 0.1) is 5.69 Å². The van der Waals surface area contributed by atoms with Crippen molar-refractivity contribution < 1.29 is 9.53 Å². The smallest absolute Gasteiger partial charge is 0.251 e. The lowest BCUT2D eigenvalue weighted by Crippen LogP contribution is -2.51. The average Bonchev–Trinajstić information content (AvgIpc) is 3.10. The van der Waals surface area contributed by atoms with Crippen LogP contribution in [-0.2, 0) is 23.1 Å². The Bertz CT molecular complexity index is 500. The van der Waals surface area contributed by atoms with Gasteiger partial charge in [0.15, 0.2) is 0 Å². The number of rotatable bonds is 3. The largest absolute Gasteiger partial charge is 0.368 e. The summed E-state index contributed by atoms with van der Waals surface area (Å²) in [4.78, 5) is 16.6. The topological polar surface area (TPSA) is 50.6 Å². The minimum absolute atomic E-state index is 0.183. The number of carbonyl (C=O) groups is 1. The van der Waals surface area contributed by atoms with E-state index in [1.54, 1.807) is 0 Å². The summed E-state index contributed by atoms with van der Waals surface area (Å²) in [6, 6.07) is 0. The lowest BCUT2D eigenvalue weighted by atomic mass is 10.2. The molecule has 3 heterocycles. The summed E-state index contributed by atoms with van der Waals surface area (Å²) in [6.07, 6.45) is 3.79. The molecule has 0 aliphatic carbocycles. The third-order valence-electron chi connectivity index (χ3n) is 4.40. The SMILES string of the molecule is Cc1nn(C)cc1CN1CCN(C(=O)C2CCCO2)CC1. The molecule has 3 rings (SSSR count). The van der Waals surface area contributed by atoms with Crippen LogP contribution in [0.4, 0.5) is 0 Å². The predicted octanol–water partition coefficient (Wildman–Crippen LogP) is 0.552. The van der Waals surface area contributed by atoms with Crippen molar-refractivity contribution in [2.24, 2.45) is 7.05 Å². The highest BCUT2D eigenvalue weighted by atomic mass is 16.5. The van der Waals surface area contributed by atoms with Crippen molar-refractivity contribution in [1.29, 1.82) is 0 Å². The summed E-state index contributed by atoms with van der Waals surface area (Å²) >= 11 is 0. The van der Waals surface area contributed by atoms with E-state index in [4.69, 9.17) is 4.74 Å². The average molecular weight is 292 g/mol. The molecule has 1 unspecified atom stereocenters. The van der Waals surface area contributed by atoms with E-state index in [9.17, 15) is 4.79 Å². The first kappa shape index (κ1) is 14.5. The number of ether oxygens (including phenoxy) is 1. The van der Waals surface area contributed by atoms with Crippen molar-refractivity contribution >= 4 is 5.91 Å². The summed E-state index contributed by atoms with van der Waals surface area (Å²) in [5.74, 6) is 0.185. The van der Waals surface area contributed by atoms with E-state index >= 15 is 0 Å². The van der Waals surface area contributed by atoms with E-state index in [1.165, 1.54) is 5.56 Å². The fourth-order valence-electron chi connectivity index (χ4n) is 3.15.